The van der Waals surface area contributed by atoms with Gasteiger partial charge >= 0.3 is 0 Å². The molecule has 0 aromatic heterocycles. The number of hydrogen-bond acceptors (Lipinski definition) is 6. The topological polar surface area (TPSA) is 105 Å². The number of rotatable bonds is 7. The first-order valence-corrected chi connectivity index (χ1v) is 12.0. The van der Waals surface area contributed by atoms with Crippen molar-refractivity contribution in [3.05, 3.63) is 54.1 Å². The largest absolute Gasteiger partial charge is 0.484 e. The van der Waals surface area contributed by atoms with Gasteiger partial charge in [-0.3, -0.25) is 9.59 Å². The molecule has 0 unspecified atom stereocenters. The zero-order chi connectivity index (χ0) is 24.2. The Morgan fingerprint density at radius 2 is 1.61 bits per heavy atom. The van der Waals surface area contributed by atoms with Gasteiger partial charge in [-0.25, -0.2) is 8.42 Å². The number of carbonyl (C=O) groups excluding carboxylic acids is 2. The quantitative estimate of drug-likeness (QED) is 0.658. The summed E-state index contributed by atoms with van der Waals surface area (Å²) in [6, 6.07) is 12.5. The minimum absolute atomic E-state index is 0.0732. The maximum Gasteiger partial charge on any atom is 0.259 e. The highest BCUT2D eigenvalue weighted by Crippen LogP contribution is 2.22. The maximum atomic E-state index is 12.9. The number of nitrogens with one attached hydrogen (secondary N) is 1. The van der Waals surface area contributed by atoms with E-state index in [-0.39, 0.29) is 48.6 Å². The van der Waals surface area contributed by atoms with Crippen LogP contribution in [0.5, 0.6) is 5.75 Å². The first-order chi connectivity index (χ1) is 15.6. The minimum atomic E-state index is -3.67. The Hall–Kier alpha value is -2.95. The first kappa shape index (κ1) is 24.7. The Bertz CT molecular complexity index is 1070. The van der Waals surface area contributed by atoms with Crippen LogP contribution in [0.15, 0.2) is 53.4 Å². The third-order valence-corrected chi connectivity index (χ3v) is 6.96. The standard InChI is InChI=1S/C23H29N3O6S/c1-16-13-26(14-17(2)32-16)33(29,30)21-11-5-18(6-12-21)23(28)24-19-7-9-20(10-8-19)31-15-22(27)25(3)4/h5-12,16-17H,13-15H2,1-4H3,(H,24,28)/t16-,17-/m1/s1. The molecule has 1 aliphatic heterocycles. The average Bonchev–Trinajstić information content (AvgIpc) is 2.77. The molecular formula is C23H29N3O6S. The Labute approximate surface area is 194 Å². The Balaban J connectivity index is 1.62. The normalized spacial score (nSPS) is 19.0. The highest BCUT2D eigenvalue weighted by atomic mass is 32.2. The second kappa shape index (κ2) is 10.3. The summed E-state index contributed by atoms with van der Waals surface area (Å²) in [6.07, 6.45) is -0.363. The van der Waals surface area contributed by atoms with E-state index in [1.165, 1.54) is 33.5 Å². The van der Waals surface area contributed by atoms with E-state index in [2.05, 4.69) is 5.32 Å². The number of anilines is 1. The molecule has 0 radical (unpaired) electrons. The molecule has 0 saturated carbocycles. The van der Waals surface area contributed by atoms with Crippen LogP contribution in [0.4, 0.5) is 5.69 Å². The van der Waals surface area contributed by atoms with Crippen LogP contribution in [-0.4, -0.2) is 75.4 Å². The van der Waals surface area contributed by atoms with Crippen LogP contribution in [0.3, 0.4) is 0 Å². The van der Waals surface area contributed by atoms with Crippen LogP contribution < -0.4 is 10.1 Å². The van der Waals surface area contributed by atoms with E-state index in [1.807, 2.05) is 13.8 Å². The van der Waals surface area contributed by atoms with Crippen molar-refractivity contribution >= 4 is 27.5 Å². The van der Waals surface area contributed by atoms with Gasteiger partial charge in [-0.1, -0.05) is 0 Å². The van der Waals surface area contributed by atoms with E-state index in [9.17, 15) is 18.0 Å². The van der Waals surface area contributed by atoms with Crippen LogP contribution >= 0.6 is 0 Å². The molecule has 0 aliphatic carbocycles. The number of ether oxygens (including phenoxy) is 2. The predicted octanol–water partition coefficient (Wildman–Crippen LogP) is 2.20. The number of morpholine rings is 1. The number of carbonyl (C=O) groups is 2. The summed E-state index contributed by atoms with van der Waals surface area (Å²) >= 11 is 0. The molecule has 0 bridgehead atoms. The maximum absolute atomic E-state index is 12.9. The highest BCUT2D eigenvalue weighted by Gasteiger charge is 2.32. The number of benzene rings is 2. The Morgan fingerprint density at radius 1 is 1.03 bits per heavy atom. The summed E-state index contributed by atoms with van der Waals surface area (Å²) < 4.78 is 38.3. The van der Waals surface area contributed by atoms with Crippen molar-refractivity contribution < 1.29 is 27.5 Å². The van der Waals surface area contributed by atoms with Crippen molar-refractivity contribution in [2.75, 3.05) is 39.1 Å². The smallest absolute Gasteiger partial charge is 0.259 e. The van der Waals surface area contributed by atoms with Crippen LogP contribution in [0.25, 0.3) is 0 Å². The van der Waals surface area contributed by atoms with E-state index in [0.29, 0.717) is 17.0 Å². The predicted molar refractivity (Wildman–Crippen MR) is 124 cm³/mol. The van der Waals surface area contributed by atoms with Gasteiger partial charge in [-0.15, -0.1) is 0 Å². The molecule has 1 heterocycles. The first-order valence-electron chi connectivity index (χ1n) is 10.6. The fourth-order valence-corrected chi connectivity index (χ4v) is 4.96. The van der Waals surface area contributed by atoms with Crippen molar-refractivity contribution in [1.82, 2.24) is 9.21 Å². The molecule has 33 heavy (non-hydrogen) atoms. The fraction of sp³-hybridized carbons (Fsp3) is 0.391. The highest BCUT2D eigenvalue weighted by molar-refractivity contribution is 7.89. The van der Waals surface area contributed by atoms with Gasteiger partial charge in [0.25, 0.3) is 11.8 Å². The number of amides is 2. The molecule has 2 aromatic rings. The lowest BCUT2D eigenvalue weighted by Gasteiger charge is -2.34. The van der Waals surface area contributed by atoms with Crippen molar-refractivity contribution in [2.45, 2.75) is 31.0 Å². The Kier molecular flexibility index (Phi) is 7.72. The Morgan fingerprint density at radius 3 is 2.15 bits per heavy atom. The van der Waals surface area contributed by atoms with Crippen molar-refractivity contribution in [1.29, 1.82) is 0 Å². The van der Waals surface area contributed by atoms with E-state index >= 15 is 0 Å². The van der Waals surface area contributed by atoms with Gasteiger partial charge in [-0.2, -0.15) is 4.31 Å². The lowest BCUT2D eigenvalue weighted by molar-refractivity contribution is -0.130. The number of nitrogens with zero attached hydrogens (tertiary/aromatic N) is 2. The van der Waals surface area contributed by atoms with Gasteiger partial charge in [0.1, 0.15) is 5.75 Å². The SMILES string of the molecule is C[C@@H]1CN(S(=O)(=O)c2ccc(C(=O)Nc3ccc(OCC(=O)N(C)C)cc3)cc2)C[C@@H](C)O1. The van der Waals surface area contributed by atoms with Crippen molar-refractivity contribution in [3.63, 3.8) is 0 Å². The molecule has 1 aliphatic rings. The molecule has 2 aromatic carbocycles. The minimum Gasteiger partial charge on any atom is -0.484 e. The number of hydrogen-bond donors (Lipinski definition) is 1. The number of likely N-dealkylation sites (N-methyl/N-ethyl adjacent to an activating group) is 1. The third-order valence-electron chi connectivity index (χ3n) is 5.11. The van der Waals surface area contributed by atoms with Gasteiger partial charge in [0.05, 0.1) is 17.1 Å². The molecular weight excluding hydrogens is 446 g/mol. The van der Waals surface area contributed by atoms with Gasteiger partial charge < -0.3 is 19.7 Å². The average molecular weight is 476 g/mol. The molecule has 0 spiro atoms. The van der Waals surface area contributed by atoms with Crippen LogP contribution in [0, 0.1) is 0 Å². The lowest BCUT2D eigenvalue weighted by Crippen LogP contribution is -2.48. The second-order valence-corrected chi connectivity index (χ2v) is 10.1. The van der Waals surface area contributed by atoms with Crippen LogP contribution in [0.2, 0.25) is 0 Å². The molecule has 2 amide bonds. The van der Waals surface area contributed by atoms with Gasteiger partial charge in [0, 0.05) is 38.4 Å². The van der Waals surface area contributed by atoms with E-state index in [4.69, 9.17) is 9.47 Å². The van der Waals surface area contributed by atoms with E-state index < -0.39 is 10.0 Å². The molecule has 3 rings (SSSR count). The molecule has 178 valence electrons. The van der Waals surface area contributed by atoms with Gasteiger partial charge in [0.15, 0.2) is 6.61 Å². The molecule has 2 atom stereocenters. The third kappa shape index (κ3) is 6.31. The second-order valence-electron chi connectivity index (χ2n) is 8.16. The van der Waals surface area contributed by atoms with Crippen molar-refractivity contribution in [3.8, 4) is 5.75 Å². The zero-order valence-corrected chi connectivity index (χ0v) is 20.0. The number of sulfonamides is 1. The summed E-state index contributed by atoms with van der Waals surface area (Å²) in [5.74, 6) is -0.0241. The molecule has 9 nitrogen and oxygen atoms in total. The summed E-state index contributed by atoms with van der Waals surface area (Å²) in [4.78, 5) is 25.7. The van der Waals surface area contributed by atoms with E-state index in [1.54, 1.807) is 38.4 Å². The fourth-order valence-electron chi connectivity index (χ4n) is 3.37. The summed E-state index contributed by atoms with van der Waals surface area (Å²) in [6.45, 7) is 4.19. The van der Waals surface area contributed by atoms with E-state index in [0.717, 1.165) is 0 Å². The zero-order valence-electron chi connectivity index (χ0n) is 19.1. The summed E-state index contributed by atoms with van der Waals surface area (Å²) in [7, 11) is -0.373. The van der Waals surface area contributed by atoms with Crippen LogP contribution in [-0.2, 0) is 19.6 Å². The van der Waals surface area contributed by atoms with Crippen molar-refractivity contribution in [2.24, 2.45) is 0 Å². The van der Waals surface area contributed by atoms with Crippen LogP contribution in [0.1, 0.15) is 24.2 Å². The lowest BCUT2D eigenvalue weighted by atomic mass is 10.2. The molecule has 1 saturated heterocycles. The molecule has 1 N–H and O–H groups in total. The van der Waals surface area contributed by atoms with Gasteiger partial charge in [-0.05, 0) is 62.4 Å². The monoisotopic (exact) mass is 475 g/mol. The molecule has 10 heteroatoms. The summed E-state index contributed by atoms with van der Waals surface area (Å²) in [5, 5.41) is 2.76. The summed E-state index contributed by atoms with van der Waals surface area (Å²) in [5.41, 5.74) is 0.869. The molecule has 1 fully saturated rings. The van der Waals surface area contributed by atoms with Gasteiger partial charge in [0.2, 0.25) is 10.0 Å².